The molecule has 2 heterocycles. The molecule has 39 heavy (non-hydrogen) atoms. The highest BCUT2D eigenvalue weighted by Crippen LogP contribution is 2.80. The first-order valence-electron chi connectivity index (χ1n) is 12.9. The fraction of sp³-hybridized carbons (Fsp3) is 0.290. The highest BCUT2D eigenvalue weighted by atomic mass is 35.5. The Kier molecular flexibility index (Phi) is 5.62. The zero-order chi connectivity index (χ0) is 28.0. The Labute approximate surface area is 237 Å². The summed E-state index contributed by atoms with van der Waals surface area (Å²) in [5, 5.41) is 13.3. The van der Waals surface area contributed by atoms with E-state index in [0.717, 1.165) is 22.3 Å². The van der Waals surface area contributed by atoms with E-state index < -0.39 is 16.7 Å². The third-order valence-corrected chi connectivity index (χ3v) is 9.41. The molecule has 0 bridgehead atoms. The van der Waals surface area contributed by atoms with Crippen LogP contribution in [0.5, 0.6) is 0 Å². The summed E-state index contributed by atoms with van der Waals surface area (Å²) < 4.78 is 0. The van der Waals surface area contributed by atoms with Crippen LogP contribution in [0.4, 0.5) is 11.4 Å². The molecule has 2 amide bonds. The molecule has 6 rings (SSSR count). The van der Waals surface area contributed by atoms with Gasteiger partial charge in [0.2, 0.25) is 0 Å². The number of rotatable bonds is 3. The standard InChI is InChI=1S/C31H28Cl2N4O2/c1-16-7-10-23(13-18(16)3)36-28(38)30(20(5)34-36)27(25-12-9-22(32)15-26(25)33)31(30)21(6)35-37(29(31)39)24-11-8-17(2)19(4)14-24/h7-15,27H,1-6H3/t30-,31-/m1/s1. The number of carbonyl (C=O) groups excluding carboxylic acids is 2. The van der Waals surface area contributed by atoms with Gasteiger partial charge in [-0.05, 0) is 106 Å². The summed E-state index contributed by atoms with van der Waals surface area (Å²) in [6.45, 7) is 11.7. The van der Waals surface area contributed by atoms with Gasteiger partial charge in [0.05, 0.1) is 22.8 Å². The normalized spacial score (nSPS) is 25.7. The van der Waals surface area contributed by atoms with Gasteiger partial charge in [0, 0.05) is 16.0 Å². The zero-order valence-electron chi connectivity index (χ0n) is 22.6. The second-order valence-corrected chi connectivity index (χ2v) is 11.7. The predicted molar refractivity (Wildman–Crippen MR) is 157 cm³/mol. The van der Waals surface area contributed by atoms with Crippen molar-refractivity contribution in [3.05, 3.63) is 92.5 Å². The fourth-order valence-corrected chi connectivity index (χ4v) is 7.02. The van der Waals surface area contributed by atoms with Crippen LogP contribution < -0.4 is 10.0 Å². The molecule has 2 spiro atoms. The van der Waals surface area contributed by atoms with Crippen LogP contribution in [0.25, 0.3) is 0 Å². The van der Waals surface area contributed by atoms with E-state index in [1.807, 2.05) is 84.0 Å². The fourth-order valence-electron chi connectivity index (χ4n) is 6.51. The van der Waals surface area contributed by atoms with Crippen LogP contribution in [0, 0.1) is 38.5 Å². The molecule has 0 unspecified atom stereocenters. The van der Waals surface area contributed by atoms with Crippen molar-refractivity contribution in [1.82, 2.24) is 0 Å². The number of aryl methyl sites for hydroxylation is 4. The molecule has 0 radical (unpaired) electrons. The molecule has 1 aliphatic carbocycles. The van der Waals surface area contributed by atoms with Gasteiger partial charge in [-0.1, -0.05) is 41.4 Å². The number of carbonyl (C=O) groups is 2. The van der Waals surface area contributed by atoms with Crippen LogP contribution in [-0.4, -0.2) is 23.2 Å². The van der Waals surface area contributed by atoms with Crippen LogP contribution in [-0.2, 0) is 9.59 Å². The van der Waals surface area contributed by atoms with Crippen LogP contribution in [0.2, 0.25) is 10.0 Å². The van der Waals surface area contributed by atoms with Gasteiger partial charge in [-0.15, -0.1) is 0 Å². The number of amides is 2. The molecule has 2 atom stereocenters. The molecule has 6 nitrogen and oxygen atoms in total. The summed E-state index contributed by atoms with van der Waals surface area (Å²) in [6, 6.07) is 16.8. The maximum Gasteiger partial charge on any atom is 0.261 e. The second kappa shape index (κ2) is 8.51. The molecule has 1 saturated carbocycles. The molecule has 3 aliphatic rings. The number of nitrogens with zero attached hydrogens (tertiary/aromatic N) is 4. The molecule has 3 aromatic rings. The van der Waals surface area contributed by atoms with E-state index in [9.17, 15) is 9.59 Å². The van der Waals surface area contributed by atoms with Gasteiger partial charge in [0.15, 0.2) is 0 Å². The van der Waals surface area contributed by atoms with Crippen LogP contribution in [0.3, 0.4) is 0 Å². The monoisotopic (exact) mass is 558 g/mol. The summed E-state index contributed by atoms with van der Waals surface area (Å²) in [5.74, 6) is -1.11. The van der Waals surface area contributed by atoms with Crippen molar-refractivity contribution in [2.45, 2.75) is 47.5 Å². The van der Waals surface area contributed by atoms with E-state index in [1.165, 1.54) is 10.0 Å². The topological polar surface area (TPSA) is 65.3 Å². The number of fused-ring (bicyclic) bond motifs is 1. The predicted octanol–water partition coefficient (Wildman–Crippen LogP) is 7.14. The highest BCUT2D eigenvalue weighted by Gasteiger charge is 2.91. The lowest BCUT2D eigenvalue weighted by Crippen LogP contribution is -2.40. The third kappa shape index (κ3) is 3.22. The van der Waals surface area contributed by atoms with E-state index in [1.54, 1.807) is 12.1 Å². The minimum absolute atomic E-state index is 0.260. The van der Waals surface area contributed by atoms with Gasteiger partial charge in [0.1, 0.15) is 10.8 Å². The lowest BCUT2D eigenvalue weighted by atomic mass is 9.85. The number of hydrogen-bond donors (Lipinski definition) is 0. The van der Waals surface area contributed by atoms with Crippen LogP contribution in [0.1, 0.15) is 47.6 Å². The summed E-state index contributed by atoms with van der Waals surface area (Å²) in [6.07, 6.45) is 0. The highest BCUT2D eigenvalue weighted by molar-refractivity contribution is 6.39. The molecule has 198 valence electrons. The number of hydrogen-bond acceptors (Lipinski definition) is 4. The van der Waals surface area contributed by atoms with Crippen molar-refractivity contribution in [2.75, 3.05) is 10.0 Å². The molecule has 0 saturated heterocycles. The van der Waals surface area contributed by atoms with Gasteiger partial charge in [-0.3, -0.25) is 9.59 Å². The quantitative estimate of drug-likeness (QED) is 0.342. The third-order valence-electron chi connectivity index (χ3n) is 8.85. The van der Waals surface area contributed by atoms with Crippen molar-refractivity contribution >= 4 is 57.8 Å². The first-order chi connectivity index (χ1) is 18.5. The minimum Gasteiger partial charge on any atom is -0.271 e. The second-order valence-electron chi connectivity index (χ2n) is 10.9. The Balaban J connectivity index is 1.54. The SMILES string of the molecule is CC1=NN(c2ccc(C)c(C)c2)C(=O)[C@]12C(c1ccc(Cl)cc1Cl)[C@]21C(=O)N(c2ccc(C)c(C)c2)N=C1C. The maximum absolute atomic E-state index is 14.6. The first-order valence-corrected chi connectivity index (χ1v) is 13.6. The van der Waals surface area contributed by atoms with Crippen molar-refractivity contribution in [2.24, 2.45) is 21.0 Å². The van der Waals surface area contributed by atoms with Crippen LogP contribution in [0.15, 0.2) is 64.8 Å². The Morgan fingerprint density at radius 2 is 1.10 bits per heavy atom. The average Bonchev–Trinajstić information content (AvgIpc) is 3.35. The van der Waals surface area contributed by atoms with Gasteiger partial charge in [0.25, 0.3) is 11.8 Å². The van der Waals surface area contributed by atoms with Gasteiger partial charge < -0.3 is 0 Å². The van der Waals surface area contributed by atoms with Gasteiger partial charge in [-0.25, -0.2) is 0 Å². The Bertz CT molecular complexity index is 1580. The Hall–Kier alpha value is -3.48. The molecule has 0 N–H and O–H groups in total. The van der Waals surface area contributed by atoms with Crippen molar-refractivity contribution < 1.29 is 9.59 Å². The number of anilines is 2. The first kappa shape index (κ1) is 25.8. The van der Waals surface area contributed by atoms with E-state index in [4.69, 9.17) is 33.4 Å². The van der Waals surface area contributed by atoms with Gasteiger partial charge >= 0.3 is 0 Å². The molecular formula is C31H28Cl2N4O2. The Morgan fingerprint density at radius 3 is 1.51 bits per heavy atom. The summed E-state index contributed by atoms with van der Waals surface area (Å²) in [4.78, 5) is 29.1. The molecule has 0 aromatic heterocycles. The van der Waals surface area contributed by atoms with Crippen molar-refractivity contribution in [3.63, 3.8) is 0 Å². The van der Waals surface area contributed by atoms with E-state index in [2.05, 4.69) is 0 Å². The molecule has 1 fully saturated rings. The maximum atomic E-state index is 14.6. The van der Waals surface area contributed by atoms with E-state index >= 15 is 0 Å². The summed E-state index contributed by atoms with van der Waals surface area (Å²) >= 11 is 13.0. The van der Waals surface area contributed by atoms with E-state index in [0.29, 0.717) is 38.4 Å². The number of hydrazone groups is 2. The van der Waals surface area contributed by atoms with E-state index in [-0.39, 0.29) is 11.8 Å². The zero-order valence-corrected chi connectivity index (χ0v) is 24.1. The summed E-state index contributed by atoms with van der Waals surface area (Å²) in [7, 11) is 0. The smallest absolute Gasteiger partial charge is 0.261 e. The van der Waals surface area contributed by atoms with Crippen molar-refractivity contribution in [3.8, 4) is 0 Å². The minimum atomic E-state index is -1.26. The molecular weight excluding hydrogens is 531 g/mol. The average molecular weight is 559 g/mol. The number of halogens is 2. The molecule has 3 aromatic carbocycles. The summed E-state index contributed by atoms with van der Waals surface area (Å²) in [5.41, 5.74) is 4.93. The van der Waals surface area contributed by atoms with Gasteiger partial charge in [-0.2, -0.15) is 20.2 Å². The Morgan fingerprint density at radius 1 is 0.641 bits per heavy atom. The van der Waals surface area contributed by atoms with Crippen LogP contribution >= 0.6 is 23.2 Å². The molecule has 8 heteroatoms. The molecule has 2 aliphatic heterocycles. The largest absolute Gasteiger partial charge is 0.271 e. The van der Waals surface area contributed by atoms with Crippen molar-refractivity contribution in [1.29, 1.82) is 0 Å². The lowest BCUT2D eigenvalue weighted by Gasteiger charge is -2.19. The lowest BCUT2D eigenvalue weighted by molar-refractivity contribution is -0.126. The number of benzene rings is 3.